The minimum Gasteiger partial charge on any atom is -0.346 e. The van der Waals surface area contributed by atoms with E-state index in [0.29, 0.717) is 10.7 Å². The average Bonchev–Trinajstić information content (AvgIpc) is 3.29. The van der Waals surface area contributed by atoms with Gasteiger partial charge in [-0.05, 0) is 6.07 Å². The van der Waals surface area contributed by atoms with Crippen LogP contribution in [0.25, 0.3) is 4.96 Å². The summed E-state index contributed by atoms with van der Waals surface area (Å²) < 4.78 is 16.2. The van der Waals surface area contributed by atoms with Crippen LogP contribution in [0.5, 0.6) is 0 Å². The predicted molar refractivity (Wildman–Crippen MR) is 98.9 cm³/mol. The third-order valence-electron chi connectivity index (χ3n) is 4.11. The van der Waals surface area contributed by atoms with Crippen molar-refractivity contribution in [1.82, 2.24) is 29.5 Å². The third-order valence-corrected chi connectivity index (χ3v) is 4.99. The Morgan fingerprint density at radius 3 is 2.93 bits per heavy atom. The number of thiazole rings is 1. The Morgan fingerprint density at radius 1 is 1.29 bits per heavy atom. The van der Waals surface area contributed by atoms with Gasteiger partial charge in [0.25, 0.3) is 11.5 Å². The molecule has 0 aliphatic rings. The summed E-state index contributed by atoms with van der Waals surface area (Å²) in [5.41, 5.74) is -0.921. The van der Waals surface area contributed by atoms with Crippen molar-refractivity contribution in [3.8, 4) is 0 Å². The van der Waals surface area contributed by atoms with Gasteiger partial charge < -0.3 is 10.3 Å². The van der Waals surface area contributed by atoms with Gasteiger partial charge in [-0.3, -0.25) is 14.2 Å². The molecule has 0 fully saturated rings. The number of amides is 1. The van der Waals surface area contributed by atoms with Crippen molar-refractivity contribution in [3.63, 3.8) is 0 Å². The van der Waals surface area contributed by atoms with Gasteiger partial charge in [-0.1, -0.05) is 18.2 Å². The van der Waals surface area contributed by atoms with Crippen molar-refractivity contribution in [2.45, 2.75) is 13.1 Å². The number of fused-ring (bicyclic) bond motifs is 1. The van der Waals surface area contributed by atoms with E-state index >= 15 is 0 Å². The number of benzene rings is 1. The molecular weight excluding hydrogens is 387 g/mol. The molecular formula is C17H13FN6O3S. The Kier molecular flexibility index (Phi) is 4.57. The van der Waals surface area contributed by atoms with Gasteiger partial charge in [-0.25, -0.2) is 18.7 Å². The van der Waals surface area contributed by atoms with E-state index in [-0.39, 0.29) is 24.2 Å². The average molecular weight is 400 g/mol. The number of rotatable bonds is 5. The van der Waals surface area contributed by atoms with Crippen molar-refractivity contribution in [2.24, 2.45) is 0 Å². The first kappa shape index (κ1) is 17.8. The van der Waals surface area contributed by atoms with E-state index < -0.39 is 23.0 Å². The molecule has 3 aromatic heterocycles. The lowest BCUT2D eigenvalue weighted by Gasteiger charge is -2.08. The fourth-order valence-corrected chi connectivity index (χ4v) is 3.47. The lowest BCUT2D eigenvalue weighted by molar-refractivity contribution is 0.0947. The summed E-state index contributed by atoms with van der Waals surface area (Å²) >= 11 is 1.37. The van der Waals surface area contributed by atoms with Gasteiger partial charge in [0.1, 0.15) is 17.7 Å². The molecule has 0 saturated carbocycles. The molecule has 11 heteroatoms. The van der Waals surface area contributed by atoms with E-state index in [0.717, 1.165) is 10.8 Å². The number of carbonyl (C=O) groups excluding carboxylic acids is 1. The Balaban J connectivity index is 1.58. The first-order valence-electron chi connectivity index (χ1n) is 8.15. The number of aromatic nitrogens is 5. The summed E-state index contributed by atoms with van der Waals surface area (Å²) in [5.74, 6) is -1.21. The van der Waals surface area contributed by atoms with Crippen molar-refractivity contribution < 1.29 is 9.18 Å². The fourth-order valence-electron chi connectivity index (χ4n) is 2.68. The largest absolute Gasteiger partial charge is 0.346 e. The van der Waals surface area contributed by atoms with E-state index in [1.54, 1.807) is 16.0 Å². The first-order chi connectivity index (χ1) is 13.5. The van der Waals surface area contributed by atoms with Gasteiger partial charge in [0.15, 0.2) is 0 Å². The Hall–Kier alpha value is -3.60. The zero-order valence-electron chi connectivity index (χ0n) is 14.3. The molecule has 0 atom stereocenters. The standard InChI is InChI=1S/C17H13FN6O3S/c18-13-4-2-1-3-10(13)7-23-15(26)12(6-20-16(23)27)14(25)19-5-11-8-28-17-21-9-22-24(11)17/h1-4,6,8-9H,5,7H2,(H,19,25)(H,20,27). The highest BCUT2D eigenvalue weighted by Gasteiger charge is 2.16. The summed E-state index contributed by atoms with van der Waals surface area (Å²) in [6.45, 7) is -0.167. The molecule has 0 aliphatic heterocycles. The molecule has 28 heavy (non-hydrogen) atoms. The number of aromatic amines is 1. The summed E-state index contributed by atoms with van der Waals surface area (Å²) in [7, 11) is 0. The summed E-state index contributed by atoms with van der Waals surface area (Å²) in [6, 6.07) is 5.80. The van der Waals surface area contributed by atoms with Gasteiger partial charge in [0, 0.05) is 17.1 Å². The van der Waals surface area contributed by atoms with Crippen LogP contribution in [-0.4, -0.2) is 30.1 Å². The molecule has 0 saturated heterocycles. The molecule has 0 spiro atoms. The maximum atomic E-state index is 13.9. The highest BCUT2D eigenvalue weighted by molar-refractivity contribution is 7.15. The number of nitrogens with one attached hydrogen (secondary N) is 2. The lowest BCUT2D eigenvalue weighted by atomic mass is 10.2. The van der Waals surface area contributed by atoms with Crippen LogP contribution in [-0.2, 0) is 13.1 Å². The zero-order chi connectivity index (χ0) is 19.7. The van der Waals surface area contributed by atoms with Crippen molar-refractivity contribution >= 4 is 22.2 Å². The lowest BCUT2D eigenvalue weighted by Crippen LogP contribution is -2.40. The highest BCUT2D eigenvalue weighted by Crippen LogP contribution is 2.12. The van der Waals surface area contributed by atoms with E-state index in [9.17, 15) is 18.8 Å². The van der Waals surface area contributed by atoms with Gasteiger partial charge in [0.05, 0.1) is 18.8 Å². The number of halogens is 1. The quantitative estimate of drug-likeness (QED) is 0.513. The van der Waals surface area contributed by atoms with Crippen LogP contribution < -0.4 is 16.6 Å². The van der Waals surface area contributed by atoms with E-state index in [2.05, 4.69) is 20.4 Å². The second-order valence-corrected chi connectivity index (χ2v) is 6.69. The molecule has 0 unspecified atom stereocenters. The predicted octanol–water partition coefficient (Wildman–Crippen LogP) is 0.758. The minimum absolute atomic E-state index is 0.119. The van der Waals surface area contributed by atoms with E-state index in [1.165, 1.54) is 35.9 Å². The summed E-state index contributed by atoms with van der Waals surface area (Å²) in [6.07, 6.45) is 2.46. The van der Waals surface area contributed by atoms with Gasteiger partial charge >= 0.3 is 5.69 Å². The normalized spacial score (nSPS) is 11.0. The maximum Gasteiger partial charge on any atom is 0.328 e. The SMILES string of the molecule is O=C(NCc1csc2ncnn12)c1c[nH]c(=O)n(Cc2ccccc2F)c1=O. The van der Waals surface area contributed by atoms with Crippen LogP contribution in [0.4, 0.5) is 4.39 Å². The second-order valence-electron chi connectivity index (χ2n) is 5.85. The van der Waals surface area contributed by atoms with Crippen LogP contribution in [0.15, 0.2) is 51.8 Å². The fraction of sp³-hybridized carbons (Fsp3) is 0.118. The smallest absolute Gasteiger partial charge is 0.328 e. The third kappa shape index (κ3) is 3.22. The Morgan fingerprint density at radius 2 is 2.11 bits per heavy atom. The summed E-state index contributed by atoms with van der Waals surface area (Å²) in [5, 5.41) is 8.45. The van der Waals surface area contributed by atoms with Crippen LogP contribution in [0.3, 0.4) is 0 Å². The highest BCUT2D eigenvalue weighted by atomic mass is 32.1. The van der Waals surface area contributed by atoms with E-state index in [4.69, 9.17) is 0 Å². The number of carbonyl (C=O) groups is 1. The monoisotopic (exact) mass is 400 g/mol. The molecule has 2 N–H and O–H groups in total. The van der Waals surface area contributed by atoms with Crippen LogP contribution in [0.2, 0.25) is 0 Å². The van der Waals surface area contributed by atoms with Gasteiger partial charge in [0.2, 0.25) is 4.96 Å². The number of nitrogens with zero attached hydrogens (tertiary/aromatic N) is 4. The molecule has 4 rings (SSSR count). The minimum atomic E-state index is -0.805. The summed E-state index contributed by atoms with van der Waals surface area (Å²) in [4.78, 5) is 44.2. The molecule has 4 aromatic rings. The van der Waals surface area contributed by atoms with Crippen LogP contribution >= 0.6 is 11.3 Å². The van der Waals surface area contributed by atoms with E-state index in [1.807, 2.05) is 0 Å². The topological polar surface area (TPSA) is 114 Å². The molecule has 1 aromatic carbocycles. The molecule has 1 amide bonds. The first-order valence-corrected chi connectivity index (χ1v) is 9.03. The molecule has 3 heterocycles. The molecule has 0 radical (unpaired) electrons. The Bertz CT molecular complexity index is 1290. The number of H-pyrrole nitrogens is 1. The van der Waals surface area contributed by atoms with Crippen molar-refractivity contribution in [3.05, 3.63) is 85.6 Å². The van der Waals surface area contributed by atoms with Crippen molar-refractivity contribution in [2.75, 3.05) is 0 Å². The molecule has 9 nitrogen and oxygen atoms in total. The zero-order valence-corrected chi connectivity index (χ0v) is 15.1. The number of hydrogen-bond acceptors (Lipinski definition) is 6. The number of hydrogen-bond donors (Lipinski definition) is 2. The maximum absolute atomic E-state index is 13.9. The van der Waals surface area contributed by atoms with Gasteiger partial charge in [-0.2, -0.15) is 5.10 Å². The van der Waals surface area contributed by atoms with Crippen molar-refractivity contribution in [1.29, 1.82) is 0 Å². The second kappa shape index (κ2) is 7.19. The van der Waals surface area contributed by atoms with Crippen LogP contribution in [0.1, 0.15) is 21.6 Å². The molecule has 0 bridgehead atoms. The Labute approximate surface area is 160 Å². The van der Waals surface area contributed by atoms with Gasteiger partial charge in [-0.15, -0.1) is 11.3 Å². The molecule has 142 valence electrons. The van der Waals surface area contributed by atoms with Crippen LogP contribution in [0, 0.1) is 5.82 Å². The molecule has 0 aliphatic carbocycles.